The zero-order chi connectivity index (χ0) is 16.3. The monoisotopic (exact) mass is 303 g/mol. The molecule has 0 aliphatic heterocycles. The van der Waals surface area contributed by atoms with E-state index in [1.807, 2.05) is 0 Å². The lowest BCUT2D eigenvalue weighted by molar-refractivity contribution is -0.385. The van der Waals surface area contributed by atoms with Gasteiger partial charge in [-0.05, 0) is 17.7 Å². The molecule has 0 bridgehead atoms. The van der Waals surface area contributed by atoms with Crippen molar-refractivity contribution in [3.05, 3.63) is 73.9 Å². The van der Waals surface area contributed by atoms with Crippen LogP contribution in [0.5, 0.6) is 0 Å². The number of hydrogen-bond donors (Lipinski definition) is 1. The molecule has 0 spiro atoms. The molecule has 2 aromatic rings. The number of hydrogen-bond acceptors (Lipinski definition) is 5. The lowest BCUT2D eigenvalue weighted by Gasteiger charge is -2.13. The highest BCUT2D eigenvalue weighted by atomic mass is 19.1. The molecule has 0 saturated carbocycles. The summed E-state index contributed by atoms with van der Waals surface area (Å²) in [5, 5.41) is 29.7. The zero-order valence-corrected chi connectivity index (χ0v) is 11.1. The Balaban J connectivity index is 2.41. The highest BCUT2D eigenvalue weighted by Crippen LogP contribution is 2.17. The summed E-state index contributed by atoms with van der Waals surface area (Å²) in [4.78, 5) is 22.0. The fraction of sp³-hybridized carbons (Fsp3) is 0.143. The molecular formula is C14H10FN3O4. The average Bonchev–Trinajstić information content (AvgIpc) is 2.49. The number of aliphatic hydroxyl groups excluding tert-OH is 1. The summed E-state index contributed by atoms with van der Waals surface area (Å²) in [5.41, 5.74) is -1.39. The highest BCUT2D eigenvalue weighted by molar-refractivity contribution is 5.37. The van der Waals surface area contributed by atoms with Crippen molar-refractivity contribution in [2.75, 3.05) is 0 Å². The predicted molar refractivity (Wildman–Crippen MR) is 73.4 cm³/mol. The SMILES string of the molecule is N#Cc1cc([N+](=O)[O-])cn(C[C@H](O)c2cccc(F)c2)c1=O. The van der Waals surface area contributed by atoms with Gasteiger partial charge in [-0.25, -0.2) is 4.39 Å². The third-order valence-electron chi connectivity index (χ3n) is 3.01. The number of nitrogens with zero attached hydrogens (tertiary/aromatic N) is 3. The molecule has 0 amide bonds. The van der Waals surface area contributed by atoms with Crippen LogP contribution >= 0.6 is 0 Å². The lowest BCUT2D eigenvalue weighted by Crippen LogP contribution is -2.25. The fourth-order valence-electron chi connectivity index (χ4n) is 1.94. The Bertz CT molecular complexity index is 826. The summed E-state index contributed by atoms with van der Waals surface area (Å²) in [6.45, 7) is -0.335. The summed E-state index contributed by atoms with van der Waals surface area (Å²) >= 11 is 0. The molecule has 7 nitrogen and oxygen atoms in total. The number of nitriles is 1. The molecule has 0 saturated heterocycles. The minimum absolute atomic E-state index is 0.219. The summed E-state index contributed by atoms with van der Waals surface area (Å²) in [6.07, 6.45) is -0.312. The van der Waals surface area contributed by atoms with Crippen LogP contribution in [0, 0.1) is 27.3 Å². The van der Waals surface area contributed by atoms with E-state index in [-0.39, 0.29) is 12.1 Å². The topological polar surface area (TPSA) is 109 Å². The van der Waals surface area contributed by atoms with Gasteiger partial charge in [0.15, 0.2) is 0 Å². The Kier molecular flexibility index (Phi) is 4.29. The van der Waals surface area contributed by atoms with Crippen LogP contribution in [-0.4, -0.2) is 14.6 Å². The van der Waals surface area contributed by atoms with Crippen molar-refractivity contribution in [1.82, 2.24) is 4.57 Å². The van der Waals surface area contributed by atoms with Gasteiger partial charge in [0.1, 0.15) is 17.4 Å². The smallest absolute Gasteiger partial charge is 0.287 e. The third kappa shape index (κ3) is 3.16. The molecule has 1 atom stereocenters. The van der Waals surface area contributed by atoms with Gasteiger partial charge >= 0.3 is 0 Å². The molecule has 0 aliphatic rings. The van der Waals surface area contributed by atoms with Crippen LogP contribution in [0.15, 0.2) is 41.3 Å². The molecule has 1 aromatic heterocycles. The van der Waals surface area contributed by atoms with Gasteiger partial charge in [-0.2, -0.15) is 5.26 Å². The molecule has 1 aromatic carbocycles. The van der Waals surface area contributed by atoms with Gasteiger partial charge in [0, 0.05) is 6.07 Å². The molecule has 22 heavy (non-hydrogen) atoms. The maximum atomic E-state index is 13.1. The van der Waals surface area contributed by atoms with Crippen molar-refractivity contribution in [3.63, 3.8) is 0 Å². The van der Waals surface area contributed by atoms with Gasteiger partial charge < -0.3 is 9.67 Å². The highest BCUT2D eigenvalue weighted by Gasteiger charge is 2.17. The van der Waals surface area contributed by atoms with Crippen LogP contribution in [0.1, 0.15) is 17.2 Å². The number of rotatable bonds is 4. The van der Waals surface area contributed by atoms with Crippen molar-refractivity contribution in [2.45, 2.75) is 12.6 Å². The maximum Gasteiger partial charge on any atom is 0.287 e. The molecule has 0 unspecified atom stereocenters. The normalized spacial score (nSPS) is 11.7. The first-order valence-corrected chi connectivity index (χ1v) is 6.15. The van der Waals surface area contributed by atoms with E-state index in [9.17, 15) is 24.4 Å². The van der Waals surface area contributed by atoms with Crippen molar-refractivity contribution >= 4 is 5.69 Å². The number of pyridine rings is 1. The molecule has 1 heterocycles. The Morgan fingerprint density at radius 3 is 2.77 bits per heavy atom. The van der Waals surface area contributed by atoms with Gasteiger partial charge in [-0.15, -0.1) is 0 Å². The molecule has 0 fully saturated rings. The zero-order valence-electron chi connectivity index (χ0n) is 11.1. The molecule has 0 radical (unpaired) electrons. The number of nitro groups is 1. The van der Waals surface area contributed by atoms with E-state index in [0.717, 1.165) is 22.9 Å². The second kappa shape index (κ2) is 6.15. The molecule has 0 aliphatic carbocycles. The van der Waals surface area contributed by atoms with Crippen molar-refractivity contribution < 1.29 is 14.4 Å². The minimum Gasteiger partial charge on any atom is -0.387 e. The van der Waals surface area contributed by atoms with Crippen LogP contribution in [0.2, 0.25) is 0 Å². The average molecular weight is 303 g/mol. The maximum absolute atomic E-state index is 13.1. The van der Waals surface area contributed by atoms with Crippen LogP contribution < -0.4 is 5.56 Å². The third-order valence-corrected chi connectivity index (χ3v) is 3.01. The van der Waals surface area contributed by atoms with E-state index in [2.05, 4.69) is 0 Å². The predicted octanol–water partition coefficient (Wildman–Crippen LogP) is 1.50. The van der Waals surface area contributed by atoms with E-state index in [4.69, 9.17) is 5.26 Å². The van der Waals surface area contributed by atoms with Crippen LogP contribution in [-0.2, 0) is 6.54 Å². The largest absolute Gasteiger partial charge is 0.387 e. The molecule has 8 heteroatoms. The van der Waals surface area contributed by atoms with Gasteiger partial charge in [-0.1, -0.05) is 12.1 Å². The second-order valence-electron chi connectivity index (χ2n) is 4.51. The van der Waals surface area contributed by atoms with E-state index >= 15 is 0 Å². The van der Waals surface area contributed by atoms with Gasteiger partial charge in [-0.3, -0.25) is 14.9 Å². The lowest BCUT2D eigenvalue weighted by atomic mass is 10.1. The van der Waals surface area contributed by atoms with Crippen LogP contribution in [0.4, 0.5) is 10.1 Å². The summed E-state index contributed by atoms with van der Waals surface area (Å²) in [5.74, 6) is -0.555. The van der Waals surface area contributed by atoms with E-state index < -0.39 is 33.7 Å². The molecule has 2 rings (SSSR count). The van der Waals surface area contributed by atoms with Crippen LogP contribution in [0.25, 0.3) is 0 Å². The second-order valence-corrected chi connectivity index (χ2v) is 4.51. The molecular weight excluding hydrogens is 293 g/mol. The van der Waals surface area contributed by atoms with Gasteiger partial charge in [0.2, 0.25) is 0 Å². The minimum atomic E-state index is -1.25. The van der Waals surface area contributed by atoms with E-state index in [0.29, 0.717) is 0 Å². The van der Waals surface area contributed by atoms with Crippen LogP contribution in [0.3, 0.4) is 0 Å². The number of benzene rings is 1. The van der Waals surface area contributed by atoms with E-state index in [1.54, 1.807) is 6.07 Å². The Morgan fingerprint density at radius 1 is 1.45 bits per heavy atom. The Hall–Kier alpha value is -3.05. The summed E-state index contributed by atoms with van der Waals surface area (Å²) in [7, 11) is 0. The summed E-state index contributed by atoms with van der Waals surface area (Å²) < 4.78 is 14.0. The van der Waals surface area contributed by atoms with Gasteiger partial charge in [0.05, 0.1) is 23.8 Å². The number of halogens is 1. The van der Waals surface area contributed by atoms with Crippen molar-refractivity contribution in [2.24, 2.45) is 0 Å². The van der Waals surface area contributed by atoms with Gasteiger partial charge in [0.25, 0.3) is 11.2 Å². The molecule has 1 N–H and O–H groups in total. The Morgan fingerprint density at radius 2 is 2.18 bits per heavy atom. The van der Waals surface area contributed by atoms with Crippen molar-refractivity contribution in [3.8, 4) is 6.07 Å². The van der Waals surface area contributed by atoms with E-state index in [1.165, 1.54) is 18.2 Å². The fourth-order valence-corrected chi connectivity index (χ4v) is 1.94. The molecule has 112 valence electrons. The Labute approximate surface area is 123 Å². The number of aliphatic hydroxyl groups is 1. The first-order valence-electron chi connectivity index (χ1n) is 6.15. The standard InChI is InChI=1S/C14H10FN3O4/c15-11-3-1-2-9(4-11)13(19)8-17-7-12(18(21)22)5-10(6-16)14(17)20/h1-5,7,13,19H,8H2/t13-/m0/s1. The number of aromatic nitrogens is 1. The first-order chi connectivity index (χ1) is 10.4. The van der Waals surface area contributed by atoms with Crippen molar-refractivity contribution in [1.29, 1.82) is 5.26 Å². The summed E-state index contributed by atoms with van der Waals surface area (Å²) in [6, 6.07) is 7.59. The first kappa shape index (κ1) is 15.3. The quantitative estimate of drug-likeness (QED) is 0.680.